The lowest BCUT2D eigenvalue weighted by atomic mass is 9.55. The fraction of sp³-hybridized carbons (Fsp3) is 0.206. The molecular weight excluding hydrogens is 651 g/mol. The highest BCUT2D eigenvalue weighted by Crippen LogP contribution is 2.61. The van der Waals surface area contributed by atoms with E-state index in [1.807, 2.05) is 37.3 Å². The first-order valence-electron chi connectivity index (χ1n) is 14.0. The van der Waals surface area contributed by atoms with E-state index in [1.165, 1.54) is 6.21 Å². The third-order valence-electron chi connectivity index (χ3n) is 8.47. The highest BCUT2D eigenvalue weighted by Gasteiger charge is 2.61. The molecule has 1 aliphatic heterocycles. The molecule has 43 heavy (non-hydrogen) atoms. The van der Waals surface area contributed by atoms with Gasteiger partial charge in [-0.3, -0.25) is 9.59 Å². The van der Waals surface area contributed by atoms with Gasteiger partial charge < -0.3 is 9.47 Å². The zero-order chi connectivity index (χ0) is 29.8. The highest BCUT2D eigenvalue weighted by atomic mass is 79.9. The minimum absolute atomic E-state index is 0.177. The van der Waals surface area contributed by atoms with Gasteiger partial charge in [-0.25, -0.2) is 0 Å². The Balaban J connectivity index is 1.18. The van der Waals surface area contributed by atoms with E-state index in [0.717, 1.165) is 32.8 Å². The van der Waals surface area contributed by atoms with Crippen LogP contribution in [0.3, 0.4) is 0 Å². The molecule has 0 radical (unpaired) electrons. The Morgan fingerprint density at radius 1 is 0.837 bits per heavy atom. The summed E-state index contributed by atoms with van der Waals surface area (Å²) in [7, 11) is 0. The molecule has 1 fully saturated rings. The summed E-state index contributed by atoms with van der Waals surface area (Å²) in [5, 5.41) is 6.56. The Labute approximate surface area is 267 Å². The van der Waals surface area contributed by atoms with E-state index in [1.54, 1.807) is 24.3 Å². The number of imide groups is 1. The van der Waals surface area contributed by atoms with Crippen LogP contribution in [-0.4, -0.2) is 29.6 Å². The average Bonchev–Trinajstić information content (AvgIpc) is 3.26. The quantitative estimate of drug-likeness (QED) is 0.147. The molecule has 0 spiro atoms. The standard InChI is InChI=1S/C34H25BrCl2N2O4/c1-2-42-27-14-18(13-25(35)32(27)43-17-19-11-12-20(36)15-26(19)37)16-38-39-33(40)30-28-21-7-3-4-8-22(21)29(31(30)34(39)41)24-10-6-5-9-23(24)28/h3-16,28-31H,2,17H2,1H3/b38-16+. The number of rotatable bonds is 7. The summed E-state index contributed by atoms with van der Waals surface area (Å²) in [5.74, 6) is -0.882. The number of halogens is 3. The maximum Gasteiger partial charge on any atom is 0.254 e. The van der Waals surface area contributed by atoms with Crippen LogP contribution < -0.4 is 9.47 Å². The highest BCUT2D eigenvalue weighted by molar-refractivity contribution is 9.10. The first kappa shape index (κ1) is 28.1. The van der Waals surface area contributed by atoms with Gasteiger partial charge in [0.1, 0.15) is 6.61 Å². The molecule has 2 atom stereocenters. The molecule has 0 saturated carbocycles. The summed E-state index contributed by atoms with van der Waals surface area (Å²) in [5.41, 5.74) is 5.91. The van der Waals surface area contributed by atoms with Gasteiger partial charge in [0.15, 0.2) is 11.5 Å². The van der Waals surface area contributed by atoms with Crippen molar-refractivity contribution in [2.24, 2.45) is 16.9 Å². The predicted octanol–water partition coefficient (Wildman–Crippen LogP) is 7.96. The van der Waals surface area contributed by atoms with Crippen molar-refractivity contribution in [1.82, 2.24) is 5.01 Å². The number of amides is 2. The maximum absolute atomic E-state index is 13.9. The molecule has 4 aromatic rings. The Morgan fingerprint density at radius 2 is 1.42 bits per heavy atom. The molecule has 2 bridgehead atoms. The maximum atomic E-state index is 13.9. The molecule has 0 N–H and O–H groups in total. The fourth-order valence-electron chi connectivity index (χ4n) is 6.75. The zero-order valence-corrected chi connectivity index (χ0v) is 26.1. The number of hydrogen-bond donors (Lipinski definition) is 0. The molecule has 2 unspecified atom stereocenters. The second kappa shape index (κ2) is 11.1. The van der Waals surface area contributed by atoms with Gasteiger partial charge in [-0.15, -0.1) is 0 Å². The summed E-state index contributed by atoms with van der Waals surface area (Å²) in [6.45, 7) is 2.48. The number of nitrogens with zero attached hydrogens (tertiary/aromatic N) is 2. The SMILES string of the molecule is CCOc1cc(/C=N/N2C(=O)C3C4c5ccccc5C(c5ccccc54)C3C2=O)cc(Br)c1OCc1ccc(Cl)cc1Cl. The van der Waals surface area contributed by atoms with E-state index in [9.17, 15) is 9.59 Å². The van der Waals surface area contributed by atoms with Gasteiger partial charge in [0.05, 0.1) is 29.1 Å². The molecule has 6 nitrogen and oxygen atoms in total. The molecule has 8 rings (SSSR count). The zero-order valence-electron chi connectivity index (χ0n) is 23.0. The lowest BCUT2D eigenvalue weighted by molar-refractivity contribution is -0.139. The molecule has 3 aliphatic carbocycles. The summed E-state index contributed by atoms with van der Waals surface area (Å²) < 4.78 is 12.6. The Hall–Kier alpha value is -3.65. The van der Waals surface area contributed by atoms with Crippen LogP contribution in [0.1, 0.15) is 52.1 Å². The smallest absolute Gasteiger partial charge is 0.254 e. The van der Waals surface area contributed by atoms with E-state index in [4.69, 9.17) is 32.7 Å². The monoisotopic (exact) mass is 674 g/mol. The summed E-state index contributed by atoms with van der Waals surface area (Å²) in [6.07, 6.45) is 1.52. The van der Waals surface area contributed by atoms with Gasteiger partial charge in [-0.1, -0.05) is 77.8 Å². The van der Waals surface area contributed by atoms with Gasteiger partial charge in [0, 0.05) is 27.4 Å². The third kappa shape index (κ3) is 4.65. The van der Waals surface area contributed by atoms with Crippen molar-refractivity contribution < 1.29 is 19.1 Å². The van der Waals surface area contributed by atoms with Gasteiger partial charge in [-0.2, -0.15) is 10.1 Å². The van der Waals surface area contributed by atoms with Crippen molar-refractivity contribution in [3.05, 3.63) is 127 Å². The van der Waals surface area contributed by atoms with Crippen molar-refractivity contribution in [3.63, 3.8) is 0 Å². The van der Waals surface area contributed by atoms with E-state index in [2.05, 4.69) is 45.3 Å². The molecule has 1 saturated heterocycles. The number of carbonyl (C=O) groups excluding carboxylic acids is 2. The minimum atomic E-state index is -0.486. The van der Waals surface area contributed by atoms with E-state index >= 15 is 0 Å². The molecule has 4 aromatic carbocycles. The molecular formula is C34H25BrCl2N2O4. The van der Waals surface area contributed by atoms with Crippen LogP contribution in [0.15, 0.2) is 88.4 Å². The Bertz CT molecular complexity index is 1710. The van der Waals surface area contributed by atoms with Crippen LogP contribution in [-0.2, 0) is 16.2 Å². The summed E-state index contributed by atoms with van der Waals surface area (Å²) in [6, 6.07) is 25.1. The average molecular weight is 676 g/mol. The second-order valence-electron chi connectivity index (χ2n) is 10.8. The van der Waals surface area contributed by atoms with Crippen LogP contribution in [0, 0.1) is 11.8 Å². The van der Waals surface area contributed by atoms with Crippen LogP contribution >= 0.6 is 39.1 Å². The third-order valence-corrected chi connectivity index (χ3v) is 9.64. The van der Waals surface area contributed by atoms with Gasteiger partial charge >= 0.3 is 0 Å². The number of hydrazone groups is 1. The topological polar surface area (TPSA) is 68.2 Å². The van der Waals surface area contributed by atoms with Gasteiger partial charge in [0.2, 0.25) is 0 Å². The number of hydrogen-bond acceptors (Lipinski definition) is 5. The van der Waals surface area contributed by atoms with E-state index in [0.29, 0.717) is 38.2 Å². The lowest BCUT2D eigenvalue weighted by Gasteiger charge is -2.45. The van der Waals surface area contributed by atoms with Crippen molar-refractivity contribution in [2.75, 3.05) is 6.61 Å². The second-order valence-corrected chi connectivity index (χ2v) is 12.5. The number of benzene rings is 4. The van der Waals surface area contributed by atoms with Crippen molar-refractivity contribution >= 4 is 57.2 Å². The molecule has 216 valence electrons. The van der Waals surface area contributed by atoms with Crippen LogP contribution in [0.5, 0.6) is 11.5 Å². The molecule has 0 aromatic heterocycles. The first-order valence-corrected chi connectivity index (χ1v) is 15.5. The van der Waals surface area contributed by atoms with Crippen molar-refractivity contribution in [3.8, 4) is 11.5 Å². The molecule has 2 amide bonds. The Morgan fingerprint density at radius 3 is 1.95 bits per heavy atom. The number of ether oxygens (including phenoxy) is 2. The van der Waals surface area contributed by atoms with Crippen LogP contribution in [0.25, 0.3) is 0 Å². The molecule has 1 heterocycles. The summed E-state index contributed by atoms with van der Waals surface area (Å²) in [4.78, 5) is 27.7. The van der Waals surface area contributed by atoms with Crippen molar-refractivity contribution in [1.29, 1.82) is 0 Å². The van der Waals surface area contributed by atoms with E-state index < -0.39 is 11.8 Å². The first-order chi connectivity index (χ1) is 20.9. The largest absolute Gasteiger partial charge is 0.490 e. The predicted molar refractivity (Wildman–Crippen MR) is 169 cm³/mol. The molecule has 9 heteroatoms. The molecule has 4 aliphatic rings. The van der Waals surface area contributed by atoms with Crippen LogP contribution in [0.4, 0.5) is 0 Å². The minimum Gasteiger partial charge on any atom is -0.490 e. The lowest BCUT2D eigenvalue weighted by Crippen LogP contribution is -2.41. The van der Waals surface area contributed by atoms with E-state index in [-0.39, 0.29) is 30.3 Å². The van der Waals surface area contributed by atoms with Gasteiger partial charge in [0.25, 0.3) is 11.8 Å². The van der Waals surface area contributed by atoms with Gasteiger partial charge in [-0.05, 0) is 74.9 Å². The normalized spacial score (nSPS) is 21.6. The van der Waals surface area contributed by atoms with Crippen molar-refractivity contribution in [2.45, 2.75) is 25.4 Å². The summed E-state index contributed by atoms with van der Waals surface area (Å²) >= 11 is 15.9. The van der Waals surface area contributed by atoms with Crippen LogP contribution in [0.2, 0.25) is 10.0 Å². The number of carbonyl (C=O) groups is 2. The Kier molecular flexibility index (Phi) is 7.28. The fourth-order valence-corrected chi connectivity index (χ4v) is 7.79.